The standard InChI is InChI=1S/C19H21N3O2/c1-3-13-11-22(12-16(13)19(23)24-4-2)17-8-7-14(10-20)18-15(17)6-5-9-21-18/h5-9,13,16H,3-4,11-12H2,1-2H3/t13-,16-/m0/s1. The molecule has 24 heavy (non-hydrogen) atoms. The second kappa shape index (κ2) is 6.88. The summed E-state index contributed by atoms with van der Waals surface area (Å²) in [6.07, 6.45) is 2.64. The Balaban J connectivity index is 1.97. The van der Waals surface area contributed by atoms with Gasteiger partial charge in [0, 0.05) is 30.4 Å². The van der Waals surface area contributed by atoms with Crippen molar-refractivity contribution in [2.75, 3.05) is 24.6 Å². The number of anilines is 1. The molecule has 0 saturated carbocycles. The fourth-order valence-electron chi connectivity index (χ4n) is 3.52. The van der Waals surface area contributed by atoms with Crippen LogP contribution in [0.2, 0.25) is 0 Å². The monoisotopic (exact) mass is 323 g/mol. The van der Waals surface area contributed by atoms with Gasteiger partial charge in [0.25, 0.3) is 0 Å². The number of ether oxygens (including phenoxy) is 1. The lowest BCUT2D eigenvalue weighted by atomic mass is 9.94. The Hall–Kier alpha value is -2.61. The van der Waals surface area contributed by atoms with Gasteiger partial charge in [-0.05, 0) is 37.1 Å². The highest BCUT2D eigenvalue weighted by atomic mass is 16.5. The van der Waals surface area contributed by atoms with Gasteiger partial charge in [-0.15, -0.1) is 0 Å². The topological polar surface area (TPSA) is 66.2 Å². The Morgan fingerprint density at radius 2 is 2.21 bits per heavy atom. The van der Waals surface area contributed by atoms with E-state index < -0.39 is 0 Å². The number of esters is 1. The van der Waals surface area contributed by atoms with Gasteiger partial charge in [0.2, 0.25) is 0 Å². The van der Waals surface area contributed by atoms with Crippen molar-refractivity contribution in [1.29, 1.82) is 5.26 Å². The Bertz CT molecular complexity index is 797. The number of nitrogens with zero attached hydrogens (tertiary/aromatic N) is 3. The number of nitriles is 1. The van der Waals surface area contributed by atoms with Crippen molar-refractivity contribution in [2.24, 2.45) is 11.8 Å². The van der Waals surface area contributed by atoms with Gasteiger partial charge >= 0.3 is 5.97 Å². The van der Waals surface area contributed by atoms with Crippen molar-refractivity contribution in [3.63, 3.8) is 0 Å². The summed E-state index contributed by atoms with van der Waals surface area (Å²) in [4.78, 5) is 18.8. The molecular weight excluding hydrogens is 302 g/mol. The number of pyridine rings is 1. The van der Waals surface area contributed by atoms with Gasteiger partial charge in [-0.2, -0.15) is 5.26 Å². The third-order valence-corrected chi connectivity index (χ3v) is 4.76. The highest BCUT2D eigenvalue weighted by Gasteiger charge is 2.38. The van der Waals surface area contributed by atoms with Gasteiger partial charge in [-0.1, -0.05) is 13.3 Å². The van der Waals surface area contributed by atoms with E-state index in [0.29, 0.717) is 24.2 Å². The molecule has 2 heterocycles. The largest absolute Gasteiger partial charge is 0.466 e. The third kappa shape index (κ3) is 2.80. The molecule has 0 N–H and O–H groups in total. The van der Waals surface area contributed by atoms with Crippen LogP contribution in [0.5, 0.6) is 0 Å². The Morgan fingerprint density at radius 1 is 1.38 bits per heavy atom. The molecule has 1 aromatic heterocycles. The fourth-order valence-corrected chi connectivity index (χ4v) is 3.52. The van der Waals surface area contributed by atoms with E-state index in [9.17, 15) is 10.1 Å². The third-order valence-electron chi connectivity index (χ3n) is 4.76. The van der Waals surface area contributed by atoms with E-state index >= 15 is 0 Å². The molecular formula is C19H21N3O2. The summed E-state index contributed by atoms with van der Waals surface area (Å²) in [7, 11) is 0. The molecule has 5 heteroatoms. The molecule has 0 amide bonds. The van der Waals surface area contributed by atoms with Crippen LogP contribution in [0.3, 0.4) is 0 Å². The van der Waals surface area contributed by atoms with Crippen LogP contribution >= 0.6 is 0 Å². The first kappa shape index (κ1) is 16.3. The van der Waals surface area contributed by atoms with Gasteiger partial charge in [-0.25, -0.2) is 0 Å². The average Bonchev–Trinajstić information content (AvgIpc) is 3.05. The van der Waals surface area contributed by atoms with Gasteiger partial charge < -0.3 is 9.64 Å². The van der Waals surface area contributed by atoms with E-state index in [-0.39, 0.29) is 17.8 Å². The highest BCUT2D eigenvalue weighted by Crippen LogP contribution is 2.35. The molecule has 0 spiro atoms. The van der Waals surface area contributed by atoms with Crippen molar-refractivity contribution >= 4 is 22.6 Å². The lowest BCUT2D eigenvalue weighted by molar-refractivity contribution is -0.148. The van der Waals surface area contributed by atoms with Crippen molar-refractivity contribution in [3.8, 4) is 6.07 Å². The first-order valence-electron chi connectivity index (χ1n) is 8.39. The van der Waals surface area contributed by atoms with Crippen LogP contribution in [0, 0.1) is 23.2 Å². The summed E-state index contributed by atoms with van der Waals surface area (Å²) < 4.78 is 5.25. The van der Waals surface area contributed by atoms with E-state index in [1.807, 2.05) is 31.2 Å². The summed E-state index contributed by atoms with van der Waals surface area (Å²) in [5, 5.41) is 10.2. The van der Waals surface area contributed by atoms with Crippen LogP contribution in [-0.2, 0) is 9.53 Å². The number of aromatic nitrogens is 1. The number of hydrogen-bond donors (Lipinski definition) is 0. The SMILES string of the molecule is CCOC(=O)[C@H]1CN(c2ccc(C#N)c3ncccc23)C[C@@H]1CC. The lowest BCUT2D eigenvalue weighted by Gasteiger charge is -2.20. The molecule has 0 aliphatic carbocycles. The van der Waals surface area contributed by atoms with Gasteiger partial charge in [0.05, 0.1) is 23.6 Å². The van der Waals surface area contributed by atoms with Gasteiger partial charge in [-0.3, -0.25) is 9.78 Å². The minimum Gasteiger partial charge on any atom is -0.466 e. The molecule has 124 valence electrons. The molecule has 2 aromatic rings. The van der Waals surface area contributed by atoms with Crippen molar-refractivity contribution in [3.05, 3.63) is 36.0 Å². The first-order valence-corrected chi connectivity index (χ1v) is 8.39. The predicted molar refractivity (Wildman–Crippen MR) is 92.6 cm³/mol. The summed E-state index contributed by atoms with van der Waals surface area (Å²) >= 11 is 0. The normalized spacial score (nSPS) is 20.1. The second-order valence-corrected chi connectivity index (χ2v) is 6.08. The minimum absolute atomic E-state index is 0.0997. The van der Waals surface area contributed by atoms with Crippen LogP contribution in [0.4, 0.5) is 5.69 Å². The number of hydrogen-bond acceptors (Lipinski definition) is 5. The van der Waals surface area contributed by atoms with Crippen LogP contribution in [-0.4, -0.2) is 30.6 Å². The molecule has 1 aromatic carbocycles. The summed E-state index contributed by atoms with van der Waals surface area (Å²) in [6.45, 7) is 5.82. The minimum atomic E-state index is -0.108. The molecule has 3 rings (SSSR count). The van der Waals surface area contributed by atoms with E-state index in [2.05, 4.69) is 22.9 Å². The van der Waals surface area contributed by atoms with Crippen molar-refractivity contribution in [2.45, 2.75) is 20.3 Å². The molecule has 1 aliphatic rings. The van der Waals surface area contributed by atoms with Crippen LogP contribution in [0.25, 0.3) is 10.9 Å². The van der Waals surface area contributed by atoms with Crippen LogP contribution in [0.1, 0.15) is 25.8 Å². The fraction of sp³-hybridized carbons (Fsp3) is 0.421. The smallest absolute Gasteiger partial charge is 0.311 e. The molecule has 2 atom stereocenters. The molecule has 1 aliphatic heterocycles. The summed E-state index contributed by atoms with van der Waals surface area (Å²) in [5.41, 5.74) is 2.31. The molecule has 5 nitrogen and oxygen atoms in total. The zero-order valence-electron chi connectivity index (χ0n) is 14.0. The molecule has 1 saturated heterocycles. The maximum Gasteiger partial charge on any atom is 0.311 e. The van der Waals surface area contributed by atoms with E-state index in [1.165, 1.54) is 0 Å². The Labute approximate surface area is 141 Å². The number of fused-ring (bicyclic) bond motifs is 1. The Morgan fingerprint density at radius 3 is 2.92 bits per heavy atom. The van der Waals surface area contributed by atoms with Gasteiger partial charge in [0.15, 0.2) is 0 Å². The molecule has 0 radical (unpaired) electrons. The van der Waals surface area contributed by atoms with E-state index in [1.54, 1.807) is 6.20 Å². The van der Waals surface area contributed by atoms with Crippen LogP contribution < -0.4 is 4.90 Å². The van der Waals surface area contributed by atoms with Crippen molar-refractivity contribution in [1.82, 2.24) is 4.98 Å². The number of benzene rings is 1. The number of rotatable bonds is 4. The number of carbonyl (C=O) groups is 1. The van der Waals surface area contributed by atoms with Gasteiger partial charge in [0.1, 0.15) is 6.07 Å². The quantitative estimate of drug-likeness (QED) is 0.809. The molecule has 0 bridgehead atoms. The molecule has 1 fully saturated rings. The lowest BCUT2D eigenvalue weighted by Crippen LogP contribution is -2.25. The first-order chi connectivity index (χ1) is 11.7. The predicted octanol–water partition coefficient (Wildman–Crippen LogP) is 3.13. The average molecular weight is 323 g/mol. The molecule has 0 unspecified atom stereocenters. The number of carbonyl (C=O) groups excluding carboxylic acids is 1. The maximum absolute atomic E-state index is 12.3. The van der Waals surface area contributed by atoms with E-state index in [4.69, 9.17) is 4.74 Å². The Kier molecular flexibility index (Phi) is 4.66. The second-order valence-electron chi connectivity index (χ2n) is 6.08. The van der Waals surface area contributed by atoms with E-state index in [0.717, 1.165) is 24.0 Å². The van der Waals surface area contributed by atoms with Crippen LogP contribution in [0.15, 0.2) is 30.5 Å². The summed E-state index contributed by atoms with van der Waals surface area (Å²) in [6, 6.07) is 9.83. The highest BCUT2D eigenvalue weighted by molar-refractivity contribution is 5.95. The van der Waals surface area contributed by atoms with Crippen molar-refractivity contribution < 1.29 is 9.53 Å². The zero-order valence-corrected chi connectivity index (χ0v) is 14.0. The maximum atomic E-state index is 12.3. The zero-order chi connectivity index (χ0) is 17.1. The summed E-state index contributed by atoms with van der Waals surface area (Å²) in [5.74, 6) is 0.0756.